The van der Waals surface area contributed by atoms with Crippen molar-refractivity contribution < 1.29 is 24.2 Å². The number of benzene rings is 1. The van der Waals surface area contributed by atoms with E-state index in [9.17, 15) is 14.7 Å². The van der Waals surface area contributed by atoms with Crippen LogP contribution in [-0.4, -0.2) is 49.8 Å². The second-order valence-corrected chi connectivity index (χ2v) is 7.74. The van der Waals surface area contributed by atoms with Crippen LogP contribution in [0.25, 0.3) is 11.7 Å². The lowest BCUT2D eigenvalue weighted by atomic mass is 10.1. The number of anilines is 1. The molecule has 5 rings (SSSR count). The molecule has 0 bridgehead atoms. The first-order valence-corrected chi connectivity index (χ1v) is 10.3. The van der Waals surface area contributed by atoms with Crippen molar-refractivity contribution in [3.63, 3.8) is 0 Å². The van der Waals surface area contributed by atoms with Gasteiger partial charge in [-0.15, -0.1) is 0 Å². The lowest BCUT2D eigenvalue weighted by Crippen LogP contribution is -2.22. The average molecular weight is 451 g/mol. The van der Waals surface area contributed by atoms with Gasteiger partial charge in [0.05, 0.1) is 19.4 Å². The summed E-state index contributed by atoms with van der Waals surface area (Å²) >= 11 is 0. The number of fused-ring (bicyclic) bond motifs is 1. The number of hydrogen-bond acceptors (Lipinski definition) is 9. The van der Waals surface area contributed by atoms with Gasteiger partial charge in [0.2, 0.25) is 5.95 Å². The number of hydrogen-bond donors (Lipinski definition) is 4. The molecular weight excluding hydrogens is 430 g/mol. The van der Waals surface area contributed by atoms with Gasteiger partial charge in [0.1, 0.15) is 5.70 Å². The number of imide groups is 1. The minimum Gasteiger partial charge on any atom is -0.493 e. The van der Waals surface area contributed by atoms with Gasteiger partial charge in [0.15, 0.2) is 17.1 Å². The van der Waals surface area contributed by atoms with Gasteiger partial charge in [-0.1, -0.05) is 6.07 Å². The van der Waals surface area contributed by atoms with Gasteiger partial charge in [0.25, 0.3) is 5.91 Å². The number of aliphatic hydroxyl groups is 1. The van der Waals surface area contributed by atoms with Crippen molar-refractivity contribution in [2.45, 2.75) is 31.9 Å². The van der Waals surface area contributed by atoms with Crippen LogP contribution < -0.4 is 25.4 Å². The fraction of sp³-hybridized carbons (Fsp3) is 0.286. The summed E-state index contributed by atoms with van der Waals surface area (Å²) in [4.78, 5) is 32.3. The highest BCUT2D eigenvalue weighted by atomic mass is 16.5. The molecule has 12 nitrogen and oxygen atoms in total. The molecular formula is C21H21N7O5. The summed E-state index contributed by atoms with van der Waals surface area (Å²) in [6.07, 6.45) is 4.37. The van der Waals surface area contributed by atoms with E-state index >= 15 is 0 Å². The highest BCUT2D eigenvalue weighted by molar-refractivity contribution is 6.14. The molecule has 1 aromatic carbocycles. The number of nitrogens with one attached hydrogen (secondary N) is 3. The van der Waals surface area contributed by atoms with Crippen molar-refractivity contribution in [3.05, 3.63) is 41.2 Å². The first-order chi connectivity index (χ1) is 15.9. The number of ether oxygens (including phenoxy) is 2. The predicted molar refractivity (Wildman–Crippen MR) is 116 cm³/mol. The van der Waals surface area contributed by atoms with Gasteiger partial charge >= 0.3 is 12.0 Å². The van der Waals surface area contributed by atoms with Crippen LogP contribution in [-0.2, 0) is 4.79 Å². The molecule has 2 aliphatic rings. The van der Waals surface area contributed by atoms with Crippen molar-refractivity contribution in [1.29, 1.82) is 0 Å². The minimum absolute atomic E-state index is 0.0359. The molecule has 1 atom stereocenters. The topological polar surface area (TPSA) is 152 Å². The van der Waals surface area contributed by atoms with Gasteiger partial charge in [-0.05, 0) is 43.5 Å². The molecule has 2 fully saturated rings. The molecule has 170 valence electrons. The lowest BCUT2D eigenvalue weighted by Gasteiger charge is -2.13. The Hall–Kier alpha value is -4.19. The number of methoxy groups -OCH3 is 1. The predicted octanol–water partition coefficient (Wildman–Crippen LogP) is 1.73. The summed E-state index contributed by atoms with van der Waals surface area (Å²) in [5, 5.41) is 22.1. The van der Waals surface area contributed by atoms with Crippen molar-refractivity contribution >= 4 is 29.6 Å². The standard InChI is InChI=1S/C21H21N7O5/c1-10(29)11-3-6-15(16(8-11)32-2)33-21-25-17-12(7-14-18(30)26-20(31)24-14)9-22-28(17)19(27-21)23-13-4-5-13/h3,6-10,13,29H,4-5H2,1-2H3,(H,23,25,27)(H2,24,26,30,31)/b14-7-. The van der Waals surface area contributed by atoms with Crippen molar-refractivity contribution in [1.82, 2.24) is 30.2 Å². The Morgan fingerprint density at radius 1 is 1.24 bits per heavy atom. The molecule has 3 amide bonds. The van der Waals surface area contributed by atoms with Crippen molar-refractivity contribution in [2.24, 2.45) is 0 Å². The van der Waals surface area contributed by atoms with E-state index in [4.69, 9.17) is 9.47 Å². The molecule has 1 aliphatic carbocycles. The van der Waals surface area contributed by atoms with Crippen LogP contribution in [0, 0.1) is 0 Å². The molecule has 1 aliphatic heterocycles. The third-order valence-corrected chi connectivity index (χ3v) is 5.18. The first kappa shape index (κ1) is 20.7. The van der Waals surface area contributed by atoms with Crippen molar-refractivity contribution in [3.8, 4) is 17.5 Å². The largest absolute Gasteiger partial charge is 0.493 e. The third kappa shape index (κ3) is 4.15. The summed E-state index contributed by atoms with van der Waals surface area (Å²) in [7, 11) is 1.50. The number of urea groups is 1. The summed E-state index contributed by atoms with van der Waals surface area (Å²) in [6, 6.07) is 4.79. The molecule has 1 saturated heterocycles. The maximum Gasteiger partial charge on any atom is 0.327 e. The van der Waals surface area contributed by atoms with E-state index in [1.54, 1.807) is 25.1 Å². The van der Waals surface area contributed by atoms with Crippen LogP contribution >= 0.6 is 0 Å². The summed E-state index contributed by atoms with van der Waals surface area (Å²) in [5.74, 6) is 0.672. The highest BCUT2D eigenvalue weighted by Gasteiger charge is 2.26. The van der Waals surface area contributed by atoms with Crippen LogP contribution in [0.1, 0.15) is 37.0 Å². The number of amides is 3. The van der Waals surface area contributed by atoms with E-state index in [0.29, 0.717) is 34.2 Å². The lowest BCUT2D eigenvalue weighted by molar-refractivity contribution is -0.115. The zero-order valence-electron chi connectivity index (χ0n) is 17.8. The Kier molecular flexibility index (Phi) is 5.05. The smallest absolute Gasteiger partial charge is 0.327 e. The minimum atomic E-state index is -0.662. The van der Waals surface area contributed by atoms with E-state index in [2.05, 4.69) is 31.0 Å². The Labute approximate surface area is 187 Å². The zero-order valence-corrected chi connectivity index (χ0v) is 17.8. The van der Waals surface area contributed by atoms with Gasteiger partial charge in [-0.3, -0.25) is 10.1 Å². The van der Waals surface area contributed by atoms with Gasteiger partial charge < -0.3 is 25.2 Å². The first-order valence-electron chi connectivity index (χ1n) is 10.3. The van der Waals surface area contributed by atoms with Gasteiger partial charge in [-0.2, -0.15) is 19.6 Å². The maximum atomic E-state index is 11.9. The van der Waals surface area contributed by atoms with Crippen molar-refractivity contribution in [2.75, 3.05) is 12.4 Å². The molecule has 33 heavy (non-hydrogen) atoms. The molecule has 12 heteroatoms. The monoisotopic (exact) mass is 451 g/mol. The van der Waals surface area contributed by atoms with E-state index in [0.717, 1.165) is 12.8 Å². The maximum absolute atomic E-state index is 11.9. The fourth-order valence-corrected chi connectivity index (χ4v) is 3.29. The van der Waals surface area contributed by atoms with Gasteiger partial charge in [0, 0.05) is 11.6 Å². The zero-order chi connectivity index (χ0) is 23.1. The molecule has 0 radical (unpaired) electrons. The quantitative estimate of drug-likeness (QED) is 0.311. The second kappa shape index (κ2) is 8.06. The van der Waals surface area contributed by atoms with Crippen LogP contribution in [0.2, 0.25) is 0 Å². The van der Waals surface area contributed by atoms with E-state index in [1.165, 1.54) is 23.9 Å². The van der Waals surface area contributed by atoms with Crippen LogP contribution in [0.4, 0.5) is 10.7 Å². The second-order valence-electron chi connectivity index (χ2n) is 7.74. The number of carbonyl (C=O) groups excluding carboxylic acids is 2. The number of aromatic nitrogens is 4. The van der Waals surface area contributed by atoms with E-state index in [1.807, 2.05) is 0 Å². The molecule has 0 spiro atoms. The van der Waals surface area contributed by atoms with Crippen LogP contribution in [0.3, 0.4) is 0 Å². The molecule has 2 aromatic heterocycles. The number of rotatable bonds is 7. The number of aliphatic hydroxyl groups excluding tert-OH is 1. The molecule has 1 saturated carbocycles. The number of nitrogens with zero attached hydrogens (tertiary/aromatic N) is 4. The summed E-state index contributed by atoms with van der Waals surface area (Å²) in [5.41, 5.74) is 1.63. The molecule has 3 aromatic rings. The molecule has 1 unspecified atom stereocenters. The van der Waals surface area contributed by atoms with E-state index in [-0.39, 0.29) is 17.7 Å². The average Bonchev–Trinajstić information content (AvgIpc) is 3.42. The van der Waals surface area contributed by atoms with Crippen LogP contribution in [0.15, 0.2) is 30.1 Å². The third-order valence-electron chi connectivity index (χ3n) is 5.18. The fourth-order valence-electron chi connectivity index (χ4n) is 3.29. The Morgan fingerprint density at radius 2 is 2.06 bits per heavy atom. The Bertz CT molecular complexity index is 1300. The Balaban J connectivity index is 1.56. The number of carbonyl (C=O) groups is 2. The highest BCUT2D eigenvalue weighted by Crippen LogP contribution is 2.34. The van der Waals surface area contributed by atoms with Gasteiger partial charge in [-0.25, -0.2) is 4.79 Å². The normalized spacial score (nSPS) is 17.7. The molecule has 3 heterocycles. The SMILES string of the molecule is COc1cc(C(C)O)ccc1Oc1nc(NC2CC2)n2ncc(/C=C3\NC(=O)NC3=O)c2n1. The Morgan fingerprint density at radius 3 is 2.73 bits per heavy atom. The molecule has 4 N–H and O–H groups in total. The summed E-state index contributed by atoms with van der Waals surface area (Å²) < 4.78 is 12.9. The van der Waals surface area contributed by atoms with Crippen LogP contribution in [0.5, 0.6) is 17.5 Å². The van der Waals surface area contributed by atoms with E-state index < -0.39 is 18.0 Å². The summed E-state index contributed by atoms with van der Waals surface area (Å²) in [6.45, 7) is 1.66.